The second kappa shape index (κ2) is 5.02. The summed E-state index contributed by atoms with van der Waals surface area (Å²) in [5.74, 6) is -0.0592. The van der Waals surface area contributed by atoms with E-state index in [9.17, 15) is 4.39 Å². The summed E-state index contributed by atoms with van der Waals surface area (Å²) in [6.07, 6.45) is 1.46. The summed E-state index contributed by atoms with van der Waals surface area (Å²) in [5.41, 5.74) is 6.82. The van der Waals surface area contributed by atoms with E-state index in [-0.39, 0.29) is 11.5 Å². The van der Waals surface area contributed by atoms with E-state index in [1.165, 1.54) is 24.4 Å². The maximum Gasteiger partial charge on any atom is 0.154 e. The smallest absolute Gasteiger partial charge is 0.154 e. The average Bonchev–Trinajstić information content (AvgIpc) is 2.36. The average molecular weight is 307 g/mol. The quantitative estimate of drug-likeness (QED) is 0.893. The van der Waals surface area contributed by atoms with Crippen molar-refractivity contribution in [3.05, 3.63) is 46.3 Å². The molecule has 1 heterocycles. The zero-order valence-corrected chi connectivity index (χ0v) is 10.7. The summed E-state index contributed by atoms with van der Waals surface area (Å²) in [5, 5.41) is 11.7. The molecule has 6 heteroatoms. The van der Waals surface area contributed by atoms with Crippen molar-refractivity contribution in [2.24, 2.45) is 0 Å². The molecule has 0 atom stereocenters. The van der Waals surface area contributed by atoms with Crippen molar-refractivity contribution in [1.29, 1.82) is 5.26 Å². The lowest BCUT2D eigenvalue weighted by molar-refractivity contribution is 0.628. The van der Waals surface area contributed by atoms with Crippen LogP contribution in [0.5, 0.6) is 0 Å². The number of pyridine rings is 1. The van der Waals surface area contributed by atoms with Gasteiger partial charge < -0.3 is 11.1 Å². The number of hydrogen-bond donors (Lipinski definition) is 2. The van der Waals surface area contributed by atoms with E-state index in [0.717, 1.165) is 0 Å². The highest BCUT2D eigenvalue weighted by Crippen LogP contribution is 2.29. The predicted molar refractivity (Wildman–Crippen MR) is 70.7 cm³/mol. The van der Waals surface area contributed by atoms with Gasteiger partial charge in [0.05, 0.1) is 16.9 Å². The molecule has 0 amide bonds. The van der Waals surface area contributed by atoms with Crippen molar-refractivity contribution < 1.29 is 4.39 Å². The lowest BCUT2D eigenvalue weighted by Crippen LogP contribution is -2.02. The Morgan fingerprint density at radius 1 is 1.39 bits per heavy atom. The fraction of sp³-hybridized carbons (Fsp3) is 0. The Morgan fingerprint density at radius 3 is 2.89 bits per heavy atom. The Balaban J connectivity index is 2.41. The number of nitrogen functional groups attached to an aromatic ring is 1. The summed E-state index contributed by atoms with van der Waals surface area (Å²) >= 11 is 3.29. The molecule has 4 nitrogen and oxygen atoms in total. The minimum absolute atomic E-state index is 0.233. The number of halogens is 2. The van der Waals surface area contributed by atoms with Crippen molar-refractivity contribution in [2.45, 2.75) is 0 Å². The van der Waals surface area contributed by atoms with Crippen LogP contribution in [0, 0.1) is 17.1 Å². The lowest BCUT2D eigenvalue weighted by atomic mass is 10.2. The van der Waals surface area contributed by atoms with E-state index >= 15 is 0 Å². The summed E-state index contributed by atoms with van der Waals surface area (Å²) in [6.45, 7) is 0. The van der Waals surface area contributed by atoms with Gasteiger partial charge in [-0.3, -0.25) is 0 Å². The summed E-state index contributed by atoms with van der Waals surface area (Å²) in [7, 11) is 0. The number of benzene rings is 1. The molecule has 1 aromatic carbocycles. The Hall–Kier alpha value is -2.13. The number of aromatic nitrogens is 1. The third-order valence-electron chi connectivity index (χ3n) is 2.29. The van der Waals surface area contributed by atoms with E-state index in [4.69, 9.17) is 11.0 Å². The Bertz CT molecular complexity index is 636. The zero-order chi connectivity index (χ0) is 13.1. The highest BCUT2D eigenvalue weighted by Gasteiger charge is 2.08. The molecular weight excluding hydrogens is 299 g/mol. The molecule has 0 aliphatic carbocycles. The summed E-state index contributed by atoms with van der Waals surface area (Å²) in [4.78, 5) is 4.02. The van der Waals surface area contributed by atoms with Gasteiger partial charge in [-0.05, 0) is 40.2 Å². The summed E-state index contributed by atoms with van der Waals surface area (Å²) in [6, 6.07) is 7.68. The normalized spacial score (nSPS) is 9.83. The molecule has 1 aromatic heterocycles. The lowest BCUT2D eigenvalue weighted by Gasteiger charge is -2.10. The molecule has 0 aliphatic rings. The fourth-order valence-electron chi connectivity index (χ4n) is 1.39. The monoisotopic (exact) mass is 306 g/mol. The van der Waals surface area contributed by atoms with E-state index in [1.54, 1.807) is 6.07 Å². The van der Waals surface area contributed by atoms with Gasteiger partial charge in [0, 0.05) is 10.7 Å². The molecular formula is C12H8BrFN4. The third kappa shape index (κ3) is 2.41. The molecule has 0 saturated carbocycles. The molecule has 3 N–H and O–H groups in total. The van der Waals surface area contributed by atoms with Gasteiger partial charge in [-0.25, -0.2) is 9.37 Å². The van der Waals surface area contributed by atoms with Gasteiger partial charge in [-0.1, -0.05) is 0 Å². The molecule has 0 spiro atoms. The van der Waals surface area contributed by atoms with Crippen molar-refractivity contribution >= 4 is 33.1 Å². The number of nitrogens with zero attached hydrogens (tertiary/aromatic N) is 2. The van der Waals surface area contributed by atoms with Crippen molar-refractivity contribution in [2.75, 3.05) is 11.1 Å². The second-order valence-corrected chi connectivity index (χ2v) is 4.34. The Kier molecular flexibility index (Phi) is 3.44. The van der Waals surface area contributed by atoms with Gasteiger partial charge in [-0.15, -0.1) is 0 Å². The minimum Gasteiger partial charge on any atom is -0.395 e. The third-order valence-corrected chi connectivity index (χ3v) is 2.98. The molecule has 90 valence electrons. The number of hydrogen-bond acceptors (Lipinski definition) is 4. The topological polar surface area (TPSA) is 74.7 Å². The van der Waals surface area contributed by atoms with Gasteiger partial charge in [0.25, 0.3) is 0 Å². The van der Waals surface area contributed by atoms with Crippen LogP contribution in [0.1, 0.15) is 5.56 Å². The van der Waals surface area contributed by atoms with Crippen LogP contribution in [-0.2, 0) is 0 Å². The largest absolute Gasteiger partial charge is 0.395 e. The van der Waals surface area contributed by atoms with Crippen molar-refractivity contribution in [3.63, 3.8) is 0 Å². The standard InChI is InChI=1S/C12H8BrFN4/c13-9-2-1-8(14)5-10(9)18-12-11(16)7(6-15)3-4-17-12/h1-5H,16H2,(H,17,18). The maximum absolute atomic E-state index is 13.1. The number of anilines is 3. The van der Waals surface area contributed by atoms with E-state index in [1.807, 2.05) is 6.07 Å². The molecule has 18 heavy (non-hydrogen) atoms. The van der Waals surface area contributed by atoms with Crippen LogP contribution in [0.3, 0.4) is 0 Å². The second-order valence-electron chi connectivity index (χ2n) is 3.48. The fourth-order valence-corrected chi connectivity index (χ4v) is 1.74. The minimum atomic E-state index is -0.379. The van der Waals surface area contributed by atoms with Gasteiger partial charge >= 0.3 is 0 Å². The Morgan fingerprint density at radius 2 is 2.17 bits per heavy atom. The first-order valence-electron chi connectivity index (χ1n) is 4.98. The van der Waals surface area contributed by atoms with Crippen LogP contribution in [0.4, 0.5) is 21.6 Å². The van der Waals surface area contributed by atoms with E-state index in [0.29, 0.717) is 21.5 Å². The zero-order valence-electron chi connectivity index (χ0n) is 9.11. The van der Waals surface area contributed by atoms with Crippen molar-refractivity contribution in [3.8, 4) is 6.07 Å². The molecule has 0 unspecified atom stereocenters. The van der Waals surface area contributed by atoms with Crippen LogP contribution in [0.25, 0.3) is 0 Å². The molecule has 0 fully saturated rings. The predicted octanol–water partition coefficient (Wildman–Crippen LogP) is 3.18. The van der Waals surface area contributed by atoms with Gasteiger partial charge in [0.2, 0.25) is 0 Å². The van der Waals surface area contributed by atoms with E-state index in [2.05, 4.69) is 26.2 Å². The highest BCUT2D eigenvalue weighted by atomic mass is 79.9. The number of rotatable bonds is 2. The van der Waals surface area contributed by atoms with Gasteiger partial charge in [0.1, 0.15) is 11.9 Å². The van der Waals surface area contributed by atoms with Gasteiger partial charge in [0.15, 0.2) is 5.82 Å². The first kappa shape index (κ1) is 12.3. The van der Waals surface area contributed by atoms with Gasteiger partial charge in [-0.2, -0.15) is 5.26 Å². The maximum atomic E-state index is 13.1. The van der Waals surface area contributed by atoms with Crippen LogP contribution < -0.4 is 11.1 Å². The van der Waals surface area contributed by atoms with Crippen molar-refractivity contribution in [1.82, 2.24) is 4.98 Å². The number of nitriles is 1. The van der Waals surface area contributed by atoms with Crippen LogP contribution in [0.15, 0.2) is 34.9 Å². The highest BCUT2D eigenvalue weighted by molar-refractivity contribution is 9.10. The molecule has 2 rings (SSSR count). The molecule has 0 saturated heterocycles. The molecule has 2 aromatic rings. The van der Waals surface area contributed by atoms with Crippen LogP contribution in [-0.4, -0.2) is 4.98 Å². The first-order valence-corrected chi connectivity index (χ1v) is 5.78. The number of nitrogens with two attached hydrogens (primary N) is 1. The molecule has 0 bridgehead atoms. The Labute approximate surface area is 111 Å². The molecule has 0 radical (unpaired) electrons. The van der Waals surface area contributed by atoms with E-state index < -0.39 is 0 Å². The SMILES string of the molecule is N#Cc1ccnc(Nc2cc(F)ccc2Br)c1N. The summed E-state index contributed by atoms with van der Waals surface area (Å²) < 4.78 is 13.8. The molecule has 0 aliphatic heterocycles. The van der Waals surface area contributed by atoms with Crippen LogP contribution >= 0.6 is 15.9 Å². The number of nitrogens with one attached hydrogen (secondary N) is 1. The van der Waals surface area contributed by atoms with Crippen LogP contribution in [0.2, 0.25) is 0 Å². The first-order chi connectivity index (χ1) is 8.61.